The zero-order valence-corrected chi connectivity index (χ0v) is 20.0. The van der Waals surface area contributed by atoms with Gasteiger partial charge >= 0.3 is 5.97 Å². The molecule has 0 aromatic heterocycles. The van der Waals surface area contributed by atoms with Crippen LogP contribution in [0.1, 0.15) is 27.2 Å². The summed E-state index contributed by atoms with van der Waals surface area (Å²) in [6, 6.07) is 13.5. The van der Waals surface area contributed by atoms with Crippen LogP contribution in [0.5, 0.6) is 5.75 Å². The number of aliphatic carboxylic acids is 1. The van der Waals surface area contributed by atoms with Crippen molar-refractivity contribution < 1.29 is 24.2 Å². The number of rotatable bonds is 7. The number of carboxylic acid groups (broad SMARTS) is 1. The van der Waals surface area contributed by atoms with Crippen LogP contribution in [0.25, 0.3) is 11.1 Å². The third-order valence-electron chi connectivity index (χ3n) is 5.83. The zero-order chi connectivity index (χ0) is 23.9. The maximum atomic E-state index is 12.6. The van der Waals surface area contributed by atoms with Gasteiger partial charge in [-0.05, 0) is 44.5 Å². The monoisotopic (exact) mass is 488 g/mol. The Hall–Kier alpha value is -2.71. The van der Waals surface area contributed by atoms with E-state index >= 15 is 0 Å². The first kappa shape index (κ1) is 23.4. The number of halogens is 1. The Balaban J connectivity index is 1.33. The molecule has 2 aliphatic rings. The molecule has 9 heteroatoms. The van der Waals surface area contributed by atoms with Gasteiger partial charge in [-0.1, -0.05) is 41.9 Å². The highest BCUT2D eigenvalue weighted by atomic mass is 35.5. The van der Waals surface area contributed by atoms with Crippen molar-refractivity contribution >= 4 is 41.1 Å². The first-order valence-electron chi connectivity index (χ1n) is 10.6. The van der Waals surface area contributed by atoms with Crippen LogP contribution < -0.4 is 10.1 Å². The molecule has 2 aliphatic heterocycles. The molecule has 0 saturated carbocycles. The Morgan fingerprint density at radius 3 is 2.58 bits per heavy atom. The highest BCUT2D eigenvalue weighted by Crippen LogP contribution is 2.50. The number of β-lactam (4-membered cyclic amide) rings is 1. The molecule has 2 fully saturated rings. The average Bonchev–Trinajstić information content (AvgIpc) is 3.00. The van der Waals surface area contributed by atoms with Crippen LogP contribution in [0, 0.1) is 0 Å². The summed E-state index contributed by atoms with van der Waals surface area (Å²) < 4.78 is 5.23. The Morgan fingerprint density at radius 1 is 1.24 bits per heavy atom. The number of carbonyl (C=O) groups excluding carboxylic acids is 2. The lowest BCUT2D eigenvalue weighted by atomic mass is 9.96. The molecule has 4 atom stereocenters. The number of carbonyl (C=O) groups is 3. The van der Waals surface area contributed by atoms with Gasteiger partial charge in [-0.2, -0.15) is 0 Å². The highest BCUT2D eigenvalue weighted by Gasteiger charge is 2.64. The van der Waals surface area contributed by atoms with Gasteiger partial charge in [0.15, 0.2) is 0 Å². The average molecular weight is 489 g/mol. The molecule has 174 valence electrons. The molecule has 7 nitrogen and oxygen atoms in total. The lowest BCUT2D eigenvalue weighted by Gasteiger charge is -2.43. The third-order valence-corrected chi connectivity index (χ3v) is 7.71. The van der Waals surface area contributed by atoms with E-state index in [4.69, 9.17) is 16.3 Å². The minimum atomic E-state index is -1.04. The SMILES string of the molecule is CC(CC(=O)N[C@@H]1C(=O)N2[C@@H]1SC(C)(C)[C@@H]2C(=O)O)Oc1ccc(-c2ccccc2)c(Cl)c1. The van der Waals surface area contributed by atoms with Crippen LogP contribution in [0.3, 0.4) is 0 Å². The number of benzene rings is 2. The first-order valence-corrected chi connectivity index (χ1v) is 11.9. The lowest BCUT2D eigenvalue weighted by molar-refractivity contribution is -0.161. The molecule has 2 N–H and O–H groups in total. The Bertz CT molecular complexity index is 1090. The molecule has 2 heterocycles. The normalized spacial score (nSPS) is 23.9. The second kappa shape index (κ2) is 8.91. The second-order valence-electron chi connectivity index (χ2n) is 8.78. The number of carboxylic acids is 1. The van der Waals surface area contributed by atoms with Crippen molar-refractivity contribution in [3.8, 4) is 16.9 Å². The molecule has 0 aliphatic carbocycles. The molecule has 2 amide bonds. The van der Waals surface area contributed by atoms with Gasteiger partial charge in [-0.3, -0.25) is 9.59 Å². The largest absolute Gasteiger partial charge is 0.490 e. The fourth-order valence-electron chi connectivity index (χ4n) is 4.33. The van der Waals surface area contributed by atoms with Crippen LogP contribution >= 0.6 is 23.4 Å². The van der Waals surface area contributed by atoms with Gasteiger partial charge in [-0.25, -0.2) is 4.79 Å². The molecule has 1 unspecified atom stereocenters. The van der Waals surface area contributed by atoms with Crippen LogP contribution in [-0.2, 0) is 14.4 Å². The fraction of sp³-hybridized carbons (Fsp3) is 0.375. The predicted molar refractivity (Wildman–Crippen MR) is 127 cm³/mol. The summed E-state index contributed by atoms with van der Waals surface area (Å²) in [6.07, 6.45) is -0.403. The third kappa shape index (κ3) is 4.54. The van der Waals surface area contributed by atoms with Gasteiger partial charge in [0.2, 0.25) is 11.8 Å². The van der Waals surface area contributed by atoms with E-state index in [1.807, 2.05) is 36.4 Å². The van der Waals surface area contributed by atoms with E-state index in [2.05, 4.69) is 5.32 Å². The number of fused-ring (bicyclic) bond motifs is 1. The topological polar surface area (TPSA) is 95.9 Å². The molecule has 2 aromatic rings. The van der Waals surface area contributed by atoms with E-state index in [0.717, 1.165) is 11.1 Å². The lowest BCUT2D eigenvalue weighted by Crippen LogP contribution is -2.70. The molecular weight excluding hydrogens is 464 g/mol. The summed E-state index contributed by atoms with van der Waals surface area (Å²) in [5.74, 6) is -1.18. The van der Waals surface area contributed by atoms with Crippen molar-refractivity contribution in [2.75, 3.05) is 0 Å². The number of nitrogens with zero attached hydrogens (tertiary/aromatic N) is 1. The summed E-state index contributed by atoms with van der Waals surface area (Å²) in [5.41, 5.74) is 1.89. The number of hydrogen-bond acceptors (Lipinski definition) is 5. The van der Waals surface area contributed by atoms with E-state index < -0.39 is 28.9 Å². The van der Waals surface area contributed by atoms with Crippen molar-refractivity contribution in [2.24, 2.45) is 0 Å². The van der Waals surface area contributed by atoms with E-state index in [-0.39, 0.29) is 23.6 Å². The van der Waals surface area contributed by atoms with Crippen LogP contribution in [0.15, 0.2) is 48.5 Å². The van der Waals surface area contributed by atoms with Crippen molar-refractivity contribution in [2.45, 2.75) is 55.5 Å². The van der Waals surface area contributed by atoms with E-state index in [0.29, 0.717) is 10.8 Å². The summed E-state index contributed by atoms with van der Waals surface area (Å²) in [5, 5.41) is 12.4. The minimum Gasteiger partial charge on any atom is -0.490 e. The van der Waals surface area contributed by atoms with E-state index in [9.17, 15) is 19.5 Å². The fourth-order valence-corrected chi connectivity index (χ4v) is 6.24. The molecule has 0 spiro atoms. The highest BCUT2D eigenvalue weighted by molar-refractivity contribution is 8.01. The van der Waals surface area contributed by atoms with Gasteiger partial charge in [0, 0.05) is 10.3 Å². The Labute approximate surface area is 201 Å². The van der Waals surface area contributed by atoms with E-state index in [1.165, 1.54) is 16.7 Å². The number of thioether (sulfide) groups is 1. The van der Waals surface area contributed by atoms with Gasteiger partial charge < -0.3 is 20.1 Å². The molecule has 2 aromatic carbocycles. The number of ether oxygens (including phenoxy) is 1. The van der Waals surface area contributed by atoms with Gasteiger partial charge in [0.25, 0.3) is 0 Å². The van der Waals surface area contributed by atoms with Crippen molar-refractivity contribution in [3.05, 3.63) is 53.6 Å². The molecule has 0 bridgehead atoms. The quantitative estimate of drug-likeness (QED) is 0.575. The smallest absolute Gasteiger partial charge is 0.327 e. The van der Waals surface area contributed by atoms with Crippen LogP contribution in [0.4, 0.5) is 0 Å². The Morgan fingerprint density at radius 2 is 1.94 bits per heavy atom. The standard InChI is InChI=1S/C24H25ClN2O5S/c1-13(32-15-9-10-16(17(25)12-15)14-7-5-4-6-8-14)11-18(28)26-19-21(29)27-20(23(30)31)24(2,3)33-22(19)27/h4-10,12-13,19-20,22H,11H2,1-3H3,(H,26,28)(H,30,31)/t13?,19-,20+,22-/m1/s1. The Kier molecular flexibility index (Phi) is 6.33. The summed E-state index contributed by atoms with van der Waals surface area (Å²) in [7, 11) is 0. The van der Waals surface area contributed by atoms with Crippen molar-refractivity contribution in [1.29, 1.82) is 0 Å². The number of nitrogens with one attached hydrogen (secondary N) is 1. The first-order chi connectivity index (χ1) is 15.6. The van der Waals surface area contributed by atoms with Gasteiger partial charge in [-0.15, -0.1) is 11.8 Å². The molecule has 4 rings (SSSR count). The van der Waals surface area contributed by atoms with E-state index in [1.54, 1.807) is 32.9 Å². The molecule has 0 radical (unpaired) electrons. The molecule has 33 heavy (non-hydrogen) atoms. The molecule has 2 saturated heterocycles. The maximum absolute atomic E-state index is 12.6. The maximum Gasteiger partial charge on any atom is 0.327 e. The zero-order valence-electron chi connectivity index (χ0n) is 18.4. The molecular formula is C24H25ClN2O5S. The number of amides is 2. The number of hydrogen-bond donors (Lipinski definition) is 2. The van der Waals surface area contributed by atoms with Crippen LogP contribution in [-0.4, -0.2) is 56.1 Å². The van der Waals surface area contributed by atoms with Gasteiger partial charge in [0.05, 0.1) is 11.4 Å². The van der Waals surface area contributed by atoms with Crippen molar-refractivity contribution in [3.63, 3.8) is 0 Å². The minimum absolute atomic E-state index is 0.0466. The predicted octanol–water partition coefficient (Wildman–Crippen LogP) is 3.80. The van der Waals surface area contributed by atoms with Gasteiger partial charge in [0.1, 0.15) is 29.3 Å². The van der Waals surface area contributed by atoms with Crippen molar-refractivity contribution in [1.82, 2.24) is 10.2 Å². The summed E-state index contributed by atoms with van der Waals surface area (Å²) >= 11 is 7.82. The second-order valence-corrected chi connectivity index (χ2v) is 11.0. The van der Waals surface area contributed by atoms with Crippen LogP contribution in [0.2, 0.25) is 5.02 Å². The summed E-state index contributed by atoms with van der Waals surface area (Å²) in [6.45, 7) is 5.36. The summed E-state index contributed by atoms with van der Waals surface area (Å²) in [4.78, 5) is 38.0.